The van der Waals surface area contributed by atoms with Gasteiger partial charge in [-0.05, 0) is 52.0 Å². The Labute approximate surface area is 133 Å². The van der Waals surface area contributed by atoms with Crippen molar-refractivity contribution in [3.05, 3.63) is 24.3 Å². The highest BCUT2D eigenvalue weighted by atomic mass is 32.2. The van der Waals surface area contributed by atoms with Crippen LogP contribution in [0.4, 0.5) is 0 Å². The van der Waals surface area contributed by atoms with Crippen LogP contribution in [0, 0.1) is 0 Å². The normalized spacial score (nSPS) is 20.3. The second-order valence-corrected chi connectivity index (χ2v) is 7.87. The van der Waals surface area contributed by atoms with Crippen LogP contribution in [-0.2, 0) is 10.0 Å². The van der Waals surface area contributed by atoms with Crippen LogP contribution in [0.3, 0.4) is 0 Å². The minimum Gasteiger partial charge on any atom is -0.495 e. The van der Waals surface area contributed by atoms with Gasteiger partial charge in [0.1, 0.15) is 10.6 Å². The van der Waals surface area contributed by atoms with Crippen LogP contribution in [0.1, 0.15) is 25.7 Å². The second-order valence-electron chi connectivity index (χ2n) is 6.01. The Morgan fingerprint density at radius 3 is 2.68 bits per heavy atom. The average molecular weight is 326 g/mol. The van der Waals surface area contributed by atoms with Crippen molar-refractivity contribution in [2.45, 2.75) is 36.6 Å². The van der Waals surface area contributed by atoms with Gasteiger partial charge in [0.05, 0.1) is 7.11 Å². The van der Waals surface area contributed by atoms with E-state index in [1.165, 1.54) is 7.11 Å². The molecule has 1 aliphatic heterocycles. The van der Waals surface area contributed by atoms with Crippen molar-refractivity contribution in [1.82, 2.24) is 9.21 Å². The quantitative estimate of drug-likeness (QED) is 0.804. The molecule has 2 rings (SSSR count). The van der Waals surface area contributed by atoms with Crippen molar-refractivity contribution >= 4 is 10.0 Å². The van der Waals surface area contributed by atoms with Gasteiger partial charge in [-0.15, -0.1) is 0 Å². The molecule has 6 heteroatoms. The zero-order chi connectivity index (χ0) is 16.2. The molecule has 0 saturated carbocycles. The van der Waals surface area contributed by atoms with Crippen molar-refractivity contribution in [2.24, 2.45) is 0 Å². The summed E-state index contributed by atoms with van der Waals surface area (Å²) < 4.78 is 33.0. The van der Waals surface area contributed by atoms with E-state index in [0.29, 0.717) is 12.3 Å². The summed E-state index contributed by atoms with van der Waals surface area (Å²) in [5.41, 5.74) is 0. The number of nitrogens with zero attached hydrogens (tertiary/aromatic N) is 2. The monoisotopic (exact) mass is 326 g/mol. The maximum absolute atomic E-state index is 13.1. The van der Waals surface area contributed by atoms with E-state index in [9.17, 15) is 8.42 Å². The first-order chi connectivity index (χ1) is 10.5. The Kier molecular flexibility index (Phi) is 5.83. The van der Waals surface area contributed by atoms with Crippen LogP contribution in [-0.4, -0.2) is 58.0 Å². The Morgan fingerprint density at radius 1 is 1.27 bits per heavy atom. The van der Waals surface area contributed by atoms with E-state index in [1.807, 2.05) is 14.1 Å². The molecule has 0 bridgehead atoms. The molecule has 0 aromatic heterocycles. The van der Waals surface area contributed by atoms with Gasteiger partial charge in [-0.3, -0.25) is 0 Å². The summed E-state index contributed by atoms with van der Waals surface area (Å²) in [6, 6.07) is 6.94. The number of hydrogen-bond donors (Lipinski definition) is 0. The van der Waals surface area contributed by atoms with Gasteiger partial charge >= 0.3 is 0 Å². The van der Waals surface area contributed by atoms with Crippen molar-refractivity contribution < 1.29 is 13.2 Å². The zero-order valence-electron chi connectivity index (χ0n) is 13.7. The molecule has 1 heterocycles. The summed E-state index contributed by atoms with van der Waals surface area (Å²) in [5.74, 6) is 0.416. The first-order valence-electron chi connectivity index (χ1n) is 7.76. The van der Waals surface area contributed by atoms with Crippen molar-refractivity contribution in [3.63, 3.8) is 0 Å². The standard InChI is InChI=1S/C16H26N2O3S/c1-17(2)13-11-14-8-6-7-12-18(14)22(19,20)16-10-5-4-9-15(16)21-3/h4-5,9-10,14H,6-8,11-13H2,1-3H3/t14-/m1/s1. The molecular formula is C16H26N2O3S. The zero-order valence-corrected chi connectivity index (χ0v) is 14.5. The number of sulfonamides is 1. The predicted octanol–water partition coefficient (Wildman–Crippen LogP) is 2.19. The van der Waals surface area contributed by atoms with E-state index in [2.05, 4.69) is 4.90 Å². The highest BCUT2D eigenvalue weighted by molar-refractivity contribution is 7.89. The number of ether oxygens (including phenoxy) is 1. The van der Waals surface area contributed by atoms with Gasteiger partial charge in [-0.1, -0.05) is 18.6 Å². The van der Waals surface area contributed by atoms with E-state index in [1.54, 1.807) is 28.6 Å². The minimum atomic E-state index is -3.51. The predicted molar refractivity (Wildman–Crippen MR) is 87.7 cm³/mol. The lowest BCUT2D eigenvalue weighted by Gasteiger charge is -2.35. The van der Waals surface area contributed by atoms with Gasteiger partial charge < -0.3 is 9.64 Å². The van der Waals surface area contributed by atoms with Gasteiger partial charge in [-0.2, -0.15) is 4.31 Å². The molecule has 1 aromatic carbocycles. The number of rotatable bonds is 6. The number of methoxy groups -OCH3 is 1. The Hall–Kier alpha value is -1.11. The number of benzene rings is 1. The van der Waals surface area contributed by atoms with E-state index in [-0.39, 0.29) is 10.9 Å². The molecule has 1 aromatic rings. The maximum Gasteiger partial charge on any atom is 0.247 e. The molecule has 1 fully saturated rings. The van der Waals surface area contributed by atoms with Gasteiger partial charge in [0.2, 0.25) is 10.0 Å². The highest BCUT2D eigenvalue weighted by Crippen LogP contribution is 2.31. The largest absolute Gasteiger partial charge is 0.495 e. The lowest BCUT2D eigenvalue weighted by molar-refractivity contribution is 0.222. The second kappa shape index (κ2) is 7.44. The van der Waals surface area contributed by atoms with Crippen LogP contribution in [0.25, 0.3) is 0 Å². The summed E-state index contributed by atoms with van der Waals surface area (Å²) >= 11 is 0. The number of hydrogen-bond acceptors (Lipinski definition) is 4. The molecule has 1 atom stereocenters. The fraction of sp³-hybridized carbons (Fsp3) is 0.625. The molecule has 5 nitrogen and oxygen atoms in total. The molecule has 22 heavy (non-hydrogen) atoms. The van der Waals surface area contributed by atoms with Crippen LogP contribution in [0.15, 0.2) is 29.2 Å². The third-order valence-corrected chi connectivity index (χ3v) is 6.13. The SMILES string of the molecule is COc1ccccc1S(=O)(=O)N1CCCC[C@@H]1CCN(C)C. The molecule has 0 radical (unpaired) electrons. The molecule has 0 N–H and O–H groups in total. The summed E-state index contributed by atoms with van der Waals surface area (Å²) in [5, 5.41) is 0. The Balaban J connectivity index is 2.28. The number of piperidine rings is 1. The summed E-state index contributed by atoms with van der Waals surface area (Å²) in [4.78, 5) is 2.37. The Morgan fingerprint density at radius 2 is 2.00 bits per heavy atom. The highest BCUT2D eigenvalue weighted by Gasteiger charge is 2.34. The topological polar surface area (TPSA) is 49.9 Å². The van der Waals surface area contributed by atoms with Gasteiger partial charge in [0.15, 0.2) is 0 Å². The van der Waals surface area contributed by atoms with E-state index in [4.69, 9.17) is 4.74 Å². The molecule has 0 amide bonds. The molecule has 1 saturated heterocycles. The molecule has 0 unspecified atom stereocenters. The van der Waals surface area contributed by atoms with Gasteiger partial charge in [-0.25, -0.2) is 8.42 Å². The van der Waals surface area contributed by atoms with Crippen LogP contribution in [0.2, 0.25) is 0 Å². The lowest BCUT2D eigenvalue weighted by atomic mass is 10.0. The maximum atomic E-state index is 13.1. The first-order valence-corrected chi connectivity index (χ1v) is 9.20. The molecule has 0 spiro atoms. The van der Waals surface area contributed by atoms with E-state index >= 15 is 0 Å². The van der Waals surface area contributed by atoms with Crippen molar-refractivity contribution in [2.75, 3.05) is 34.3 Å². The first kappa shape index (κ1) is 17.2. The van der Waals surface area contributed by atoms with Gasteiger partial charge in [0.25, 0.3) is 0 Å². The smallest absolute Gasteiger partial charge is 0.247 e. The fourth-order valence-corrected chi connectivity index (χ4v) is 4.83. The van der Waals surface area contributed by atoms with E-state index in [0.717, 1.165) is 32.2 Å². The third-order valence-electron chi connectivity index (χ3n) is 4.14. The van der Waals surface area contributed by atoms with Crippen molar-refractivity contribution in [3.8, 4) is 5.75 Å². The minimum absolute atomic E-state index is 0.0751. The number of para-hydroxylation sites is 1. The fourth-order valence-electron chi connectivity index (χ4n) is 2.94. The van der Waals surface area contributed by atoms with Gasteiger partial charge in [0, 0.05) is 12.6 Å². The molecular weight excluding hydrogens is 300 g/mol. The summed E-state index contributed by atoms with van der Waals surface area (Å²) in [6.07, 6.45) is 3.81. The van der Waals surface area contributed by atoms with E-state index < -0.39 is 10.0 Å². The average Bonchev–Trinajstić information content (AvgIpc) is 2.53. The van der Waals surface area contributed by atoms with Crippen LogP contribution < -0.4 is 4.74 Å². The lowest BCUT2D eigenvalue weighted by Crippen LogP contribution is -2.44. The third kappa shape index (κ3) is 3.80. The molecule has 1 aliphatic rings. The summed E-state index contributed by atoms with van der Waals surface area (Å²) in [7, 11) is 2.03. The molecule has 124 valence electrons. The van der Waals surface area contributed by atoms with Crippen LogP contribution in [0.5, 0.6) is 5.75 Å². The molecule has 0 aliphatic carbocycles. The Bertz CT molecular complexity index is 587. The van der Waals surface area contributed by atoms with Crippen LogP contribution >= 0.6 is 0 Å². The summed E-state index contributed by atoms with van der Waals surface area (Å²) in [6.45, 7) is 1.49. The van der Waals surface area contributed by atoms with Crippen molar-refractivity contribution in [1.29, 1.82) is 0 Å².